The van der Waals surface area contributed by atoms with Crippen molar-refractivity contribution in [3.63, 3.8) is 0 Å². The highest BCUT2D eigenvalue weighted by Gasteiger charge is 2.07. The maximum Gasteiger partial charge on any atom is 0.149 e. The second-order valence-electron chi connectivity index (χ2n) is 4.01. The Labute approximate surface area is 131 Å². The monoisotopic (exact) mass is 325 g/mol. The van der Waals surface area contributed by atoms with Gasteiger partial charge in [-0.05, 0) is 24.3 Å². The third-order valence-electron chi connectivity index (χ3n) is 2.46. The minimum Gasteiger partial charge on any atom is -0.389 e. The number of aromatic nitrogens is 1. The van der Waals surface area contributed by atoms with Crippen LogP contribution < -0.4 is 5.73 Å². The predicted octanol–water partition coefficient (Wildman–Crippen LogP) is 3.46. The van der Waals surface area contributed by atoms with E-state index >= 15 is 0 Å². The van der Waals surface area contributed by atoms with E-state index in [1.54, 1.807) is 12.3 Å². The molecular weight excluding hydrogens is 313 g/mol. The first-order valence-corrected chi connectivity index (χ1v) is 7.44. The molecular formula is C14H13ClFN3OS. The second kappa shape index (κ2) is 7.85. The van der Waals surface area contributed by atoms with Crippen molar-refractivity contribution in [1.29, 1.82) is 0 Å². The first-order chi connectivity index (χ1) is 10.2. The molecule has 21 heavy (non-hydrogen) atoms. The van der Waals surface area contributed by atoms with Crippen LogP contribution in [0.5, 0.6) is 0 Å². The summed E-state index contributed by atoms with van der Waals surface area (Å²) in [4.78, 5) is 9.18. The fourth-order valence-electron chi connectivity index (χ4n) is 1.46. The summed E-state index contributed by atoms with van der Waals surface area (Å²) in [5, 5.41) is 4.88. The van der Waals surface area contributed by atoms with Crippen LogP contribution >= 0.6 is 23.4 Å². The molecule has 2 aromatic rings. The lowest BCUT2D eigenvalue weighted by molar-refractivity contribution is 0.127. The van der Waals surface area contributed by atoms with Crippen LogP contribution in [0.25, 0.3) is 0 Å². The summed E-state index contributed by atoms with van der Waals surface area (Å²) in [6.07, 6.45) is 1.70. The first-order valence-electron chi connectivity index (χ1n) is 6.08. The molecule has 4 nitrogen and oxygen atoms in total. The highest BCUT2D eigenvalue weighted by Crippen LogP contribution is 2.20. The minimum atomic E-state index is -0.431. The summed E-state index contributed by atoms with van der Waals surface area (Å²) in [6, 6.07) is 10.0. The number of hydrogen-bond acceptors (Lipinski definition) is 4. The summed E-state index contributed by atoms with van der Waals surface area (Å²) in [7, 11) is 0. The molecule has 0 saturated carbocycles. The summed E-state index contributed by atoms with van der Waals surface area (Å²) >= 11 is 7.31. The molecule has 0 aliphatic carbocycles. The van der Waals surface area contributed by atoms with Crippen molar-refractivity contribution < 1.29 is 9.23 Å². The molecule has 1 heterocycles. The molecule has 0 bridgehead atoms. The average molecular weight is 326 g/mol. The molecule has 0 amide bonds. The number of rotatable bonds is 6. The number of oxime groups is 1. The van der Waals surface area contributed by atoms with Gasteiger partial charge < -0.3 is 10.6 Å². The minimum absolute atomic E-state index is 0.0690. The van der Waals surface area contributed by atoms with Crippen molar-refractivity contribution in [2.24, 2.45) is 10.9 Å². The molecule has 2 rings (SSSR count). The molecule has 0 unspecified atom stereocenters. The number of thioether (sulfide) groups is 1. The molecule has 0 radical (unpaired) electrons. The molecule has 0 aliphatic rings. The van der Waals surface area contributed by atoms with Crippen LogP contribution in [0.15, 0.2) is 52.8 Å². The van der Waals surface area contributed by atoms with Crippen molar-refractivity contribution in [1.82, 2.24) is 4.98 Å². The molecule has 0 aliphatic heterocycles. The van der Waals surface area contributed by atoms with Gasteiger partial charge in [0.05, 0.1) is 15.8 Å². The fraction of sp³-hybridized carbons (Fsp3) is 0.143. The van der Waals surface area contributed by atoms with Crippen molar-refractivity contribution >= 4 is 29.2 Å². The van der Waals surface area contributed by atoms with Gasteiger partial charge in [0.1, 0.15) is 18.3 Å². The summed E-state index contributed by atoms with van der Waals surface area (Å²) < 4.78 is 13.5. The lowest BCUT2D eigenvalue weighted by atomic mass is 10.2. The van der Waals surface area contributed by atoms with Crippen molar-refractivity contribution in [3.8, 4) is 0 Å². The topological polar surface area (TPSA) is 60.5 Å². The van der Waals surface area contributed by atoms with E-state index in [-0.39, 0.29) is 18.0 Å². The third-order valence-corrected chi connectivity index (χ3v) is 3.79. The van der Waals surface area contributed by atoms with Crippen LogP contribution in [0.4, 0.5) is 4.39 Å². The molecule has 1 aromatic heterocycles. The largest absolute Gasteiger partial charge is 0.389 e. The summed E-state index contributed by atoms with van der Waals surface area (Å²) in [5.74, 6) is 0.291. The zero-order valence-electron chi connectivity index (χ0n) is 11.0. The molecule has 0 atom stereocenters. The van der Waals surface area contributed by atoms with Crippen molar-refractivity contribution in [2.45, 2.75) is 11.6 Å². The van der Waals surface area contributed by atoms with Crippen LogP contribution in [-0.2, 0) is 11.4 Å². The quantitative estimate of drug-likeness (QED) is 0.382. The lowest BCUT2D eigenvalue weighted by Gasteiger charge is -2.05. The molecule has 0 spiro atoms. The zero-order chi connectivity index (χ0) is 15.1. The van der Waals surface area contributed by atoms with Gasteiger partial charge in [0.2, 0.25) is 0 Å². The van der Waals surface area contributed by atoms with E-state index in [1.165, 1.54) is 23.9 Å². The zero-order valence-corrected chi connectivity index (χ0v) is 12.6. The van der Waals surface area contributed by atoms with Crippen molar-refractivity contribution in [2.75, 3.05) is 5.75 Å². The van der Waals surface area contributed by atoms with Crippen LogP contribution in [0.1, 0.15) is 5.56 Å². The molecule has 7 heteroatoms. The van der Waals surface area contributed by atoms with Crippen LogP contribution in [-0.4, -0.2) is 16.6 Å². The Morgan fingerprint density at radius 3 is 2.90 bits per heavy atom. The Morgan fingerprint density at radius 1 is 1.33 bits per heavy atom. The average Bonchev–Trinajstić information content (AvgIpc) is 2.49. The lowest BCUT2D eigenvalue weighted by Crippen LogP contribution is -2.15. The number of halogens is 2. The van der Waals surface area contributed by atoms with Gasteiger partial charge in [-0.15, -0.1) is 0 Å². The van der Waals surface area contributed by atoms with Gasteiger partial charge in [-0.25, -0.2) is 9.37 Å². The summed E-state index contributed by atoms with van der Waals surface area (Å²) in [5.41, 5.74) is 5.97. The van der Waals surface area contributed by atoms with E-state index < -0.39 is 5.82 Å². The number of amidine groups is 1. The number of nitrogens with zero attached hydrogens (tertiary/aromatic N) is 2. The number of benzene rings is 1. The van der Waals surface area contributed by atoms with Crippen LogP contribution in [0.3, 0.4) is 0 Å². The van der Waals surface area contributed by atoms with Gasteiger partial charge in [-0.2, -0.15) is 0 Å². The van der Waals surface area contributed by atoms with Gasteiger partial charge in [-0.3, -0.25) is 0 Å². The van der Waals surface area contributed by atoms with Gasteiger partial charge in [0.25, 0.3) is 0 Å². The first kappa shape index (κ1) is 15.6. The summed E-state index contributed by atoms with van der Waals surface area (Å²) in [6.45, 7) is -0.0690. The van der Waals surface area contributed by atoms with Gasteiger partial charge in [-0.1, -0.05) is 40.7 Å². The maximum atomic E-state index is 13.5. The number of hydrogen-bond donors (Lipinski definition) is 1. The van der Waals surface area contributed by atoms with Gasteiger partial charge in [0.15, 0.2) is 0 Å². The Kier molecular flexibility index (Phi) is 5.83. The molecule has 2 N–H and O–H groups in total. The van der Waals surface area contributed by atoms with E-state index in [0.717, 1.165) is 5.03 Å². The molecule has 110 valence electrons. The van der Waals surface area contributed by atoms with E-state index in [9.17, 15) is 4.39 Å². The van der Waals surface area contributed by atoms with Gasteiger partial charge >= 0.3 is 0 Å². The molecule has 0 saturated heterocycles. The highest BCUT2D eigenvalue weighted by atomic mass is 35.5. The van der Waals surface area contributed by atoms with Crippen LogP contribution in [0, 0.1) is 5.82 Å². The van der Waals surface area contributed by atoms with E-state index in [4.69, 9.17) is 22.2 Å². The van der Waals surface area contributed by atoms with Crippen LogP contribution in [0.2, 0.25) is 5.02 Å². The van der Waals surface area contributed by atoms with E-state index in [1.807, 2.05) is 18.2 Å². The Bertz CT molecular complexity index is 605. The van der Waals surface area contributed by atoms with E-state index in [0.29, 0.717) is 10.8 Å². The maximum absolute atomic E-state index is 13.5. The smallest absolute Gasteiger partial charge is 0.149 e. The second-order valence-corrected chi connectivity index (χ2v) is 5.42. The number of nitrogens with two attached hydrogens (primary N) is 1. The van der Waals surface area contributed by atoms with E-state index in [2.05, 4.69) is 10.1 Å². The Hall–Kier alpha value is -1.79. The Balaban J connectivity index is 1.84. The highest BCUT2D eigenvalue weighted by molar-refractivity contribution is 7.99. The molecule has 1 aromatic carbocycles. The normalized spacial score (nSPS) is 11.4. The standard InChI is InChI=1S/C14H13ClFN3OS/c15-11-4-3-5-12(16)10(11)8-20-19-13(17)9-21-14-6-1-2-7-18-14/h1-7H,8-9H2,(H2,17,19). The fourth-order valence-corrected chi connectivity index (χ4v) is 2.33. The van der Waals surface area contributed by atoms with Crippen molar-refractivity contribution in [3.05, 3.63) is 59.0 Å². The Morgan fingerprint density at radius 2 is 2.19 bits per heavy atom. The molecule has 0 fully saturated rings. The number of pyridine rings is 1. The SMILES string of the molecule is NC(CSc1ccccn1)=NOCc1c(F)cccc1Cl. The van der Waals surface area contributed by atoms with Gasteiger partial charge in [0, 0.05) is 11.8 Å². The predicted molar refractivity (Wildman–Crippen MR) is 82.8 cm³/mol. The third kappa shape index (κ3) is 4.91.